The van der Waals surface area contributed by atoms with Crippen molar-refractivity contribution in [2.75, 3.05) is 26.7 Å². The molecule has 5 nitrogen and oxygen atoms in total. The van der Waals surface area contributed by atoms with Crippen molar-refractivity contribution in [3.05, 3.63) is 0 Å². The third-order valence-corrected chi connectivity index (χ3v) is 5.18. The molecule has 0 bridgehead atoms. The van der Waals surface area contributed by atoms with Gasteiger partial charge in [0.1, 0.15) is 0 Å². The molecular weight excluding hydrogens is 280 g/mol. The number of carbonyl (C=O) groups excluding carboxylic acids is 2. The van der Waals surface area contributed by atoms with E-state index in [1.807, 2.05) is 18.9 Å². The topological polar surface area (TPSA) is 49.9 Å². The molecule has 1 aliphatic carbocycles. The van der Waals surface area contributed by atoms with Crippen LogP contribution in [0.5, 0.6) is 0 Å². The summed E-state index contributed by atoms with van der Waals surface area (Å²) >= 11 is 0. The van der Waals surface area contributed by atoms with Gasteiger partial charge in [-0.1, -0.05) is 6.92 Å². The molecule has 2 fully saturated rings. The Balaban J connectivity index is 1.89. The second kappa shape index (κ2) is 7.84. The summed E-state index contributed by atoms with van der Waals surface area (Å²) in [5.41, 5.74) is 0. The van der Waals surface area contributed by atoms with E-state index in [2.05, 4.69) is 6.92 Å². The molecule has 22 heavy (non-hydrogen) atoms. The van der Waals surface area contributed by atoms with Crippen LogP contribution in [0.2, 0.25) is 0 Å². The lowest BCUT2D eigenvalue weighted by Gasteiger charge is -2.38. The molecule has 1 atom stereocenters. The smallest absolute Gasteiger partial charge is 0.409 e. The van der Waals surface area contributed by atoms with Crippen LogP contribution in [-0.4, -0.2) is 54.6 Å². The Morgan fingerprint density at radius 1 is 1.18 bits per heavy atom. The van der Waals surface area contributed by atoms with Crippen LogP contribution < -0.4 is 0 Å². The largest absolute Gasteiger partial charge is 0.450 e. The Bertz CT molecular complexity index is 391. The Morgan fingerprint density at radius 2 is 1.86 bits per heavy atom. The number of nitrogens with zero attached hydrogens (tertiary/aromatic N) is 2. The van der Waals surface area contributed by atoms with Gasteiger partial charge in [-0.05, 0) is 51.4 Å². The summed E-state index contributed by atoms with van der Waals surface area (Å²) < 4.78 is 5.06. The Kier molecular flexibility index (Phi) is 6.09. The second-order valence-corrected chi connectivity index (χ2v) is 6.85. The first-order valence-corrected chi connectivity index (χ1v) is 8.71. The van der Waals surface area contributed by atoms with Crippen LogP contribution in [0.1, 0.15) is 52.4 Å². The van der Waals surface area contributed by atoms with Crippen molar-refractivity contribution >= 4 is 12.0 Å². The summed E-state index contributed by atoms with van der Waals surface area (Å²) in [5.74, 6) is 0.921. The van der Waals surface area contributed by atoms with E-state index >= 15 is 0 Å². The zero-order valence-corrected chi connectivity index (χ0v) is 14.2. The number of likely N-dealkylation sites (tertiary alicyclic amines) is 1. The van der Waals surface area contributed by atoms with Crippen molar-refractivity contribution in [1.29, 1.82) is 0 Å². The number of piperidine rings is 1. The highest BCUT2D eigenvalue weighted by molar-refractivity contribution is 5.80. The van der Waals surface area contributed by atoms with Crippen molar-refractivity contribution in [2.24, 2.45) is 11.8 Å². The molecule has 0 aromatic carbocycles. The molecule has 0 N–H and O–H groups in total. The van der Waals surface area contributed by atoms with Crippen LogP contribution in [0.3, 0.4) is 0 Å². The first-order chi connectivity index (χ1) is 10.5. The maximum Gasteiger partial charge on any atom is 0.409 e. The summed E-state index contributed by atoms with van der Waals surface area (Å²) in [4.78, 5) is 28.2. The average molecular weight is 310 g/mol. The van der Waals surface area contributed by atoms with Crippen molar-refractivity contribution in [1.82, 2.24) is 9.80 Å². The average Bonchev–Trinajstić information content (AvgIpc) is 2.54. The molecule has 0 radical (unpaired) electrons. The van der Waals surface area contributed by atoms with Crippen LogP contribution >= 0.6 is 0 Å². The van der Waals surface area contributed by atoms with Gasteiger partial charge in [-0.2, -0.15) is 0 Å². The van der Waals surface area contributed by atoms with Gasteiger partial charge in [0.25, 0.3) is 0 Å². The fourth-order valence-corrected chi connectivity index (χ4v) is 3.66. The Labute approximate surface area is 134 Å². The summed E-state index contributed by atoms with van der Waals surface area (Å²) in [6.07, 6.45) is 6.11. The lowest BCUT2D eigenvalue weighted by atomic mass is 9.86. The van der Waals surface area contributed by atoms with E-state index in [0.717, 1.165) is 31.6 Å². The molecule has 1 aliphatic heterocycles. The maximum absolute atomic E-state index is 12.8. The lowest BCUT2D eigenvalue weighted by molar-refractivity contribution is -0.138. The molecule has 1 unspecified atom stereocenters. The standard InChI is InChI=1S/C17H30N2O3/c1-4-22-17(21)19-11-5-6-14(12-19)16(20)18(3)15-9-7-13(2)8-10-15/h13-15H,4-12H2,1-3H3. The van der Waals surface area contributed by atoms with E-state index in [9.17, 15) is 9.59 Å². The van der Waals surface area contributed by atoms with Crippen LogP contribution in [0.15, 0.2) is 0 Å². The van der Waals surface area contributed by atoms with Crippen molar-refractivity contribution in [2.45, 2.75) is 58.4 Å². The molecule has 0 aromatic heterocycles. The number of rotatable bonds is 3. The number of hydrogen-bond donors (Lipinski definition) is 0. The highest BCUT2D eigenvalue weighted by atomic mass is 16.6. The lowest BCUT2D eigenvalue weighted by Crippen LogP contribution is -2.48. The van der Waals surface area contributed by atoms with E-state index in [1.54, 1.807) is 4.90 Å². The summed E-state index contributed by atoms with van der Waals surface area (Å²) in [5, 5.41) is 0. The molecule has 1 saturated carbocycles. The van der Waals surface area contributed by atoms with Gasteiger partial charge in [0.05, 0.1) is 12.5 Å². The second-order valence-electron chi connectivity index (χ2n) is 6.85. The van der Waals surface area contributed by atoms with Gasteiger partial charge in [-0.15, -0.1) is 0 Å². The molecular formula is C17H30N2O3. The highest BCUT2D eigenvalue weighted by Crippen LogP contribution is 2.28. The number of ether oxygens (including phenoxy) is 1. The highest BCUT2D eigenvalue weighted by Gasteiger charge is 2.33. The Hall–Kier alpha value is -1.26. The normalized spacial score (nSPS) is 29.0. The predicted molar refractivity (Wildman–Crippen MR) is 85.5 cm³/mol. The molecule has 5 heteroatoms. The molecule has 1 saturated heterocycles. The van der Waals surface area contributed by atoms with Gasteiger partial charge in [0, 0.05) is 26.2 Å². The van der Waals surface area contributed by atoms with Gasteiger partial charge in [-0.25, -0.2) is 4.79 Å². The van der Waals surface area contributed by atoms with Gasteiger partial charge >= 0.3 is 6.09 Å². The van der Waals surface area contributed by atoms with Crippen LogP contribution in [0, 0.1) is 11.8 Å². The van der Waals surface area contributed by atoms with Crippen LogP contribution in [0.4, 0.5) is 4.79 Å². The molecule has 2 rings (SSSR count). The van der Waals surface area contributed by atoms with E-state index in [-0.39, 0.29) is 17.9 Å². The van der Waals surface area contributed by atoms with Crippen LogP contribution in [-0.2, 0) is 9.53 Å². The molecule has 126 valence electrons. The minimum atomic E-state index is -0.283. The van der Waals surface area contributed by atoms with Gasteiger partial charge in [0.2, 0.25) is 5.91 Å². The first kappa shape index (κ1) is 17.1. The number of carbonyl (C=O) groups is 2. The first-order valence-electron chi connectivity index (χ1n) is 8.71. The fourth-order valence-electron chi connectivity index (χ4n) is 3.66. The minimum absolute atomic E-state index is 0.0671. The third kappa shape index (κ3) is 4.14. The van der Waals surface area contributed by atoms with Crippen molar-refractivity contribution < 1.29 is 14.3 Å². The Morgan fingerprint density at radius 3 is 2.50 bits per heavy atom. The third-order valence-electron chi connectivity index (χ3n) is 5.18. The molecule has 1 heterocycles. The monoisotopic (exact) mass is 310 g/mol. The van der Waals surface area contributed by atoms with Crippen molar-refractivity contribution in [3.8, 4) is 0 Å². The van der Waals surface area contributed by atoms with Gasteiger partial charge in [0.15, 0.2) is 0 Å². The molecule has 2 aliphatic rings. The van der Waals surface area contributed by atoms with Crippen molar-refractivity contribution in [3.63, 3.8) is 0 Å². The zero-order valence-electron chi connectivity index (χ0n) is 14.2. The molecule has 2 amide bonds. The van der Waals surface area contributed by atoms with Gasteiger partial charge in [-0.3, -0.25) is 4.79 Å². The summed E-state index contributed by atoms with van der Waals surface area (Å²) in [6, 6.07) is 0.377. The van der Waals surface area contributed by atoms with Crippen LogP contribution in [0.25, 0.3) is 0 Å². The fraction of sp³-hybridized carbons (Fsp3) is 0.882. The zero-order chi connectivity index (χ0) is 16.1. The minimum Gasteiger partial charge on any atom is -0.450 e. The molecule has 0 aromatic rings. The predicted octanol–water partition coefficient (Wildman–Crippen LogP) is 2.89. The van der Waals surface area contributed by atoms with E-state index in [0.29, 0.717) is 25.7 Å². The SMILES string of the molecule is CCOC(=O)N1CCCC(C(=O)N(C)C2CCC(C)CC2)C1. The summed E-state index contributed by atoms with van der Waals surface area (Å²) in [7, 11) is 1.94. The maximum atomic E-state index is 12.8. The van der Waals surface area contributed by atoms with E-state index in [4.69, 9.17) is 4.74 Å². The van der Waals surface area contributed by atoms with Gasteiger partial charge < -0.3 is 14.5 Å². The number of hydrogen-bond acceptors (Lipinski definition) is 3. The quantitative estimate of drug-likeness (QED) is 0.805. The van der Waals surface area contributed by atoms with E-state index in [1.165, 1.54) is 12.8 Å². The number of amides is 2. The molecule has 0 spiro atoms. The van der Waals surface area contributed by atoms with E-state index < -0.39 is 0 Å². The summed E-state index contributed by atoms with van der Waals surface area (Å²) in [6.45, 7) is 5.69.